The van der Waals surface area contributed by atoms with Gasteiger partial charge in [0.15, 0.2) is 17.8 Å². The Morgan fingerprint density at radius 1 is 0.862 bits per heavy atom. The fourth-order valence-electron chi connectivity index (χ4n) is 3.25. The summed E-state index contributed by atoms with van der Waals surface area (Å²) in [5, 5.41) is 2.15. The molecule has 0 radical (unpaired) electrons. The summed E-state index contributed by atoms with van der Waals surface area (Å²) in [4.78, 5) is 0. The summed E-state index contributed by atoms with van der Waals surface area (Å²) in [5.74, 6) is 2.82. The van der Waals surface area contributed by atoms with Crippen LogP contribution in [0, 0.1) is 0 Å². The van der Waals surface area contributed by atoms with Gasteiger partial charge in [-0.3, -0.25) is 0 Å². The zero-order valence-electron chi connectivity index (χ0n) is 17.7. The Labute approximate surface area is 173 Å². The average Bonchev–Trinajstić information content (AvgIpc) is 2.76. The molecule has 0 spiro atoms. The van der Waals surface area contributed by atoms with E-state index in [-0.39, 0.29) is 6.29 Å². The molecule has 3 rings (SSSR count). The van der Waals surface area contributed by atoms with Crippen LogP contribution in [0.4, 0.5) is 0 Å². The highest BCUT2D eigenvalue weighted by Crippen LogP contribution is 2.35. The van der Waals surface area contributed by atoms with E-state index >= 15 is 0 Å². The Hall–Kier alpha value is -2.72. The Morgan fingerprint density at radius 3 is 2.34 bits per heavy atom. The number of hydrogen-bond acceptors (Lipinski definition) is 4. The monoisotopic (exact) mass is 394 g/mol. The van der Waals surface area contributed by atoms with Gasteiger partial charge in [-0.2, -0.15) is 0 Å². The Kier molecular flexibility index (Phi) is 7.36. The second-order valence-electron chi connectivity index (χ2n) is 7.10. The van der Waals surface area contributed by atoms with Crippen LogP contribution < -0.4 is 14.2 Å². The van der Waals surface area contributed by atoms with Gasteiger partial charge in [-0.25, -0.2) is 0 Å². The summed E-state index contributed by atoms with van der Waals surface area (Å²) in [5.41, 5.74) is 1.33. The van der Waals surface area contributed by atoms with Gasteiger partial charge < -0.3 is 18.9 Å². The topological polar surface area (TPSA) is 36.9 Å². The molecule has 0 aliphatic rings. The fraction of sp³-hybridized carbons (Fsp3) is 0.360. The van der Waals surface area contributed by atoms with E-state index in [1.54, 1.807) is 7.11 Å². The Morgan fingerprint density at radius 2 is 1.62 bits per heavy atom. The van der Waals surface area contributed by atoms with E-state index in [9.17, 15) is 0 Å². The molecule has 0 amide bonds. The molecular weight excluding hydrogens is 364 g/mol. The minimum atomic E-state index is -0.355. The van der Waals surface area contributed by atoms with Gasteiger partial charge in [-0.05, 0) is 48.4 Å². The van der Waals surface area contributed by atoms with Gasteiger partial charge in [-0.1, -0.05) is 56.3 Å². The molecule has 29 heavy (non-hydrogen) atoms. The Balaban J connectivity index is 1.48. The van der Waals surface area contributed by atoms with E-state index in [1.807, 2.05) is 49.4 Å². The van der Waals surface area contributed by atoms with E-state index in [0.29, 0.717) is 24.9 Å². The lowest BCUT2D eigenvalue weighted by Gasteiger charge is -2.17. The third kappa shape index (κ3) is 5.42. The molecule has 0 aromatic heterocycles. The van der Waals surface area contributed by atoms with Crippen molar-refractivity contribution in [2.45, 2.75) is 39.4 Å². The predicted molar refractivity (Wildman–Crippen MR) is 117 cm³/mol. The predicted octanol–water partition coefficient (Wildman–Crippen LogP) is 6.18. The van der Waals surface area contributed by atoms with Crippen molar-refractivity contribution in [2.75, 3.05) is 20.3 Å². The van der Waals surface area contributed by atoms with E-state index in [4.69, 9.17) is 18.9 Å². The smallest absolute Gasteiger partial charge is 0.197 e. The maximum Gasteiger partial charge on any atom is 0.197 e. The molecule has 0 aliphatic heterocycles. The van der Waals surface area contributed by atoms with E-state index < -0.39 is 0 Å². The number of benzene rings is 3. The molecule has 0 saturated heterocycles. The van der Waals surface area contributed by atoms with Crippen molar-refractivity contribution in [3.63, 3.8) is 0 Å². The Bertz CT molecular complexity index is 904. The molecule has 0 heterocycles. The van der Waals surface area contributed by atoms with Crippen molar-refractivity contribution in [1.82, 2.24) is 0 Å². The molecule has 0 N–H and O–H groups in total. The number of hydrogen-bond donors (Lipinski definition) is 0. The van der Waals surface area contributed by atoms with Gasteiger partial charge in [-0.15, -0.1) is 0 Å². The molecule has 4 heteroatoms. The van der Waals surface area contributed by atoms with Crippen LogP contribution in [0.3, 0.4) is 0 Å². The van der Waals surface area contributed by atoms with Crippen LogP contribution in [0.5, 0.6) is 17.2 Å². The molecule has 0 bridgehead atoms. The summed E-state index contributed by atoms with van der Waals surface area (Å²) in [7, 11) is 1.66. The largest absolute Gasteiger partial charge is 0.492 e. The van der Waals surface area contributed by atoms with Crippen LogP contribution in [0.15, 0.2) is 60.7 Å². The van der Waals surface area contributed by atoms with Gasteiger partial charge in [0.2, 0.25) is 0 Å². The molecule has 4 nitrogen and oxygen atoms in total. The molecule has 0 aliphatic carbocycles. The average molecular weight is 395 g/mol. The molecule has 2 unspecified atom stereocenters. The summed E-state index contributed by atoms with van der Waals surface area (Å²) >= 11 is 0. The highest BCUT2D eigenvalue weighted by atomic mass is 16.7. The number of rotatable bonds is 10. The minimum absolute atomic E-state index is 0.355. The fourth-order valence-corrected chi connectivity index (χ4v) is 3.25. The quantitative estimate of drug-likeness (QED) is 0.304. The second-order valence-corrected chi connectivity index (χ2v) is 7.10. The maximum absolute atomic E-state index is 5.89. The number of methoxy groups -OCH3 is 1. The number of ether oxygens (including phenoxy) is 4. The van der Waals surface area contributed by atoms with Gasteiger partial charge >= 0.3 is 0 Å². The highest BCUT2D eigenvalue weighted by molar-refractivity contribution is 5.90. The van der Waals surface area contributed by atoms with E-state index in [0.717, 1.165) is 28.7 Å². The number of fused-ring (bicyclic) bond motifs is 1. The molecular formula is C25H30O4. The van der Waals surface area contributed by atoms with E-state index in [1.165, 1.54) is 5.56 Å². The summed E-state index contributed by atoms with van der Waals surface area (Å²) in [6, 6.07) is 20.3. The van der Waals surface area contributed by atoms with E-state index in [2.05, 4.69) is 32.0 Å². The minimum Gasteiger partial charge on any atom is -0.492 e. The SMILES string of the molecule is CCC(C)c1ccc(OC(C)OCCOc2ccc3ccccc3c2OC)cc1. The second kappa shape index (κ2) is 10.2. The lowest BCUT2D eigenvalue weighted by molar-refractivity contribution is -0.0740. The molecule has 3 aromatic carbocycles. The molecule has 0 saturated carbocycles. The summed E-state index contributed by atoms with van der Waals surface area (Å²) in [6.45, 7) is 7.14. The van der Waals surface area contributed by atoms with Crippen LogP contribution >= 0.6 is 0 Å². The van der Waals surface area contributed by atoms with Crippen molar-refractivity contribution in [3.8, 4) is 17.2 Å². The van der Waals surface area contributed by atoms with Gasteiger partial charge in [0, 0.05) is 5.39 Å². The van der Waals surface area contributed by atoms with Crippen LogP contribution in [0.25, 0.3) is 10.8 Å². The first kappa shape index (κ1) is 21.0. The maximum atomic E-state index is 5.89. The van der Waals surface area contributed by atoms with Crippen molar-refractivity contribution in [1.29, 1.82) is 0 Å². The summed E-state index contributed by atoms with van der Waals surface area (Å²) < 4.78 is 23.0. The first-order chi connectivity index (χ1) is 14.1. The van der Waals surface area contributed by atoms with Gasteiger partial charge in [0.05, 0.1) is 13.7 Å². The van der Waals surface area contributed by atoms with Crippen molar-refractivity contribution >= 4 is 10.8 Å². The van der Waals surface area contributed by atoms with Crippen LogP contribution in [0.2, 0.25) is 0 Å². The zero-order chi connectivity index (χ0) is 20.6. The molecule has 2 atom stereocenters. The summed E-state index contributed by atoms with van der Waals surface area (Å²) in [6.07, 6.45) is 0.772. The lowest BCUT2D eigenvalue weighted by Crippen LogP contribution is -2.20. The van der Waals surface area contributed by atoms with Crippen molar-refractivity contribution in [3.05, 3.63) is 66.2 Å². The first-order valence-electron chi connectivity index (χ1n) is 10.2. The van der Waals surface area contributed by atoms with Gasteiger partial charge in [0.25, 0.3) is 0 Å². The van der Waals surface area contributed by atoms with Crippen molar-refractivity contribution in [2.24, 2.45) is 0 Å². The highest BCUT2D eigenvalue weighted by Gasteiger charge is 2.10. The standard InChI is InChI=1S/C25H30O4/c1-5-18(2)20-10-13-22(14-11-20)29-19(3)27-16-17-28-24-15-12-21-8-6-7-9-23(21)25(24)26-4/h6-15,18-19H,5,16-17H2,1-4H3. The van der Waals surface area contributed by atoms with Crippen LogP contribution in [-0.2, 0) is 4.74 Å². The lowest BCUT2D eigenvalue weighted by atomic mass is 9.99. The van der Waals surface area contributed by atoms with Crippen LogP contribution in [0.1, 0.15) is 38.7 Å². The molecule has 3 aromatic rings. The molecule has 0 fully saturated rings. The molecule has 154 valence electrons. The third-order valence-electron chi connectivity index (χ3n) is 5.10. The van der Waals surface area contributed by atoms with Crippen LogP contribution in [-0.4, -0.2) is 26.6 Å². The first-order valence-corrected chi connectivity index (χ1v) is 10.2. The zero-order valence-corrected chi connectivity index (χ0v) is 17.7. The van der Waals surface area contributed by atoms with Gasteiger partial charge in [0.1, 0.15) is 12.4 Å². The normalized spacial score (nSPS) is 13.1. The third-order valence-corrected chi connectivity index (χ3v) is 5.10. The van der Waals surface area contributed by atoms with Crippen molar-refractivity contribution < 1.29 is 18.9 Å².